The van der Waals surface area contributed by atoms with E-state index in [0.29, 0.717) is 5.56 Å². The van der Waals surface area contributed by atoms with E-state index in [0.717, 1.165) is 0 Å². The van der Waals surface area contributed by atoms with Crippen molar-refractivity contribution in [2.75, 3.05) is 14.2 Å². The van der Waals surface area contributed by atoms with Gasteiger partial charge in [0, 0.05) is 19.8 Å². The molecular weight excluding hydrogens is 248 g/mol. The van der Waals surface area contributed by atoms with Gasteiger partial charge in [0.05, 0.1) is 0 Å². The van der Waals surface area contributed by atoms with Crippen molar-refractivity contribution in [3.8, 4) is 0 Å². The second kappa shape index (κ2) is 6.92. The van der Waals surface area contributed by atoms with Crippen molar-refractivity contribution in [2.45, 2.75) is 13.2 Å². The van der Waals surface area contributed by atoms with Gasteiger partial charge in [0.15, 0.2) is 5.78 Å². The van der Waals surface area contributed by atoms with E-state index in [1.165, 1.54) is 21.1 Å². The van der Waals surface area contributed by atoms with Gasteiger partial charge in [-0.3, -0.25) is 14.4 Å². The molecule has 0 aliphatic carbocycles. The van der Waals surface area contributed by atoms with Crippen molar-refractivity contribution in [1.82, 2.24) is 0 Å². The van der Waals surface area contributed by atoms with Crippen LogP contribution in [0.1, 0.15) is 17.3 Å². The minimum absolute atomic E-state index is 0.307. The molecule has 0 amide bonds. The van der Waals surface area contributed by atoms with Crippen molar-refractivity contribution < 1.29 is 23.9 Å². The van der Waals surface area contributed by atoms with Gasteiger partial charge in [-0.1, -0.05) is 30.3 Å². The van der Waals surface area contributed by atoms with Crippen molar-refractivity contribution in [3.63, 3.8) is 0 Å². The van der Waals surface area contributed by atoms with Crippen LogP contribution in [-0.4, -0.2) is 37.9 Å². The molecule has 0 heterocycles. The Balaban J connectivity index is 3.05. The molecule has 1 aromatic carbocycles. The Morgan fingerprint density at radius 2 is 1.53 bits per heavy atom. The van der Waals surface area contributed by atoms with E-state index in [2.05, 4.69) is 0 Å². The lowest BCUT2D eigenvalue weighted by Crippen LogP contribution is -2.39. The van der Waals surface area contributed by atoms with Gasteiger partial charge in [-0.2, -0.15) is 0 Å². The van der Waals surface area contributed by atoms with Crippen molar-refractivity contribution in [3.05, 3.63) is 35.9 Å². The average Bonchev–Trinajstić information content (AvgIpc) is 2.40. The minimum atomic E-state index is -1.40. The predicted octanol–water partition coefficient (Wildman–Crippen LogP) is 1.26. The first-order chi connectivity index (χ1) is 9.02. The summed E-state index contributed by atoms with van der Waals surface area (Å²) in [7, 11) is 2.55. The highest BCUT2D eigenvalue weighted by molar-refractivity contribution is 6.24. The van der Waals surface area contributed by atoms with E-state index < -0.39 is 29.6 Å². The van der Waals surface area contributed by atoms with E-state index in [9.17, 15) is 14.4 Å². The summed E-state index contributed by atoms with van der Waals surface area (Å²) in [6.45, 7) is 1.20. The number of ether oxygens (including phenoxy) is 2. The Bertz CT molecular complexity index is 462. The van der Waals surface area contributed by atoms with E-state index >= 15 is 0 Å². The van der Waals surface area contributed by atoms with E-state index in [4.69, 9.17) is 9.47 Å². The zero-order valence-corrected chi connectivity index (χ0v) is 11.1. The smallest absolute Gasteiger partial charge is 0.218 e. The average molecular weight is 264 g/mol. The number of ketones is 3. The summed E-state index contributed by atoms with van der Waals surface area (Å²) in [5.41, 5.74) is 0.307. The Hall–Kier alpha value is -1.85. The topological polar surface area (TPSA) is 69.7 Å². The molecule has 1 aromatic rings. The molecule has 0 aliphatic heterocycles. The minimum Gasteiger partial charge on any atom is -0.349 e. The third-order valence-corrected chi connectivity index (χ3v) is 2.67. The Morgan fingerprint density at radius 1 is 1.00 bits per heavy atom. The fraction of sp³-hybridized carbons (Fsp3) is 0.357. The number of hydrogen-bond acceptors (Lipinski definition) is 5. The standard InChI is InChI=1S/C14H16O5/c1-9(15)11(13(17)14(18-2)19-3)12(16)10-7-5-4-6-8-10/h4-8,11,14H,1-3H3. The molecule has 0 aromatic heterocycles. The number of carbonyl (C=O) groups is 3. The zero-order chi connectivity index (χ0) is 14.4. The molecule has 1 atom stereocenters. The van der Waals surface area contributed by atoms with Gasteiger partial charge in [0.2, 0.25) is 12.1 Å². The maximum Gasteiger partial charge on any atom is 0.218 e. The SMILES string of the molecule is COC(OC)C(=O)C(C(C)=O)C(=O)c1ccccc1. The Labute approximate surface area is 111 Å². The number of benzene rings is 1. The first kappa shape index (κ1) is 15.2. The molecule has 102 valence electrons. The van der Waals surface area contributed by atoms with Crippen LogP contribution in [0, 0.1) is 5.92 Å². The van der Waals surface area contributed by atoms with Gasteiger partial charge in [-0.15, -0.1) is 0 Å². The largest absolute Gasteiger partial charge is 0.349 e. The summed E-state index contributed by atoms with van der Waals surface area (Å²) in [5.74, 6) is -3.16. The third-order valence-electron chi connectivity index (χ3n) is 2.67. The molecule has 1 unspecified atom stereocenters. The molecule has 0 saturated heterocycles. The lowest BCUT2D eigenvalue weighted by atomic mass is 9.90. The highest BCUT2D eigenvalue weighted by atomic mass is 16.7. The molecule has 0 bridgehead atoms. The second-order valence-corrected chi connectivity index (χ2v) is 3.98. The van der Waals surface area contributed by atoms with Crippen molar-refractivity contribution in [1.29, 1.82) is 0 Å². The van der Waals surface area contributed by atoms with Crippen molar-refractivity contribution >= 4 is 17.3 Å². The number of methoxy groups -OCH3 is 2. The van der Waals surface area contributed by atoms with Crippen LogP contribution in [0.2, 0.25) is 0 Å². The summed E-state index contributed by atoms with van der Waals surface area (Å²) in [4.78, 5) is 35.9. The molecule has 0 spiro atoms. The first-order valence-corrected chi connectivity index (χ1v) is 5.72. The summed E-state index contributed by atoms with van der Waals surface area (Å²) in [6, 6.07) is 8.19. The maximum atomic E-state index is 12.2. The molecule has 5 nitrogen and oxygen atoms in total. The van der Waals surface area contributed by atoms with Crippen LogP contribution in [0.5, 0.6) is 0 Å². The monoisotopic (exact) mass is 264 g/mol. The number of carbonyl (C=O) groups excluding carboxylic acids is 3. The molecule has 5 heteroatoms. The lowest BCUT2D eigenvalue weighted by Gasteiger charge is -2.17. The highest BCUT2D eigenvalue weighted by Crippen LogP contribution is 2.14. The van der Waals surface area contributed by atoms with E-state index in [-0.39, 0.29) is 0 Å². The first-order valence-electron chi connectivity index (χ1n) is 5.72. The normalized spacial score (nSPS) is 12.2. The predicted molar refractivity (Wildman–Crippen MR) is 67.8 cm³/mol. The quantitative estimate of drug-likeness (QED) is 0.421. The number of hydrogen-bond donors (Lipinski definition) is 0. The van der Waals surface area contributed by atoms with Crippen LogP contribution >= 0.6 is 0 Å². The number of rotatable bonds is 7. The molecule has 0 radical (unpaired) electrons. The molecule has 0 aliphatic rings. The maximum absolute atomic E-state index is 12.2. The van der Waals surface area contributed by atoms with Crippen LogP contribution in [0.4, 0.5) is 0 Å². The van der Waals surface area contributed by atoms with Gasteiger partial charge in [0.25, 0.3) is 0 Å². The van der Waals surface area contributed by atoms with Crippen LogP contribution in [0.15, 0.2) is 30.3 Å². The Morgan fingerprint density at radius 3 is 1.95 bits per heavy atom. The van der Waals surface area contributed by atoms with Gasteiger partial charge in [-0.05, 0) is 6.92 Å². The molecule has 0 fully saturated rings. The molecule has 0 N–H and O–H groups in total. The molecule has 1 rings (SSSR count). The van der Waals surface area contributed by atoms with Crippen LogP contribution in [0.25, 0.3) is 0 Å². The van der Waals surface area contributed by atoms with Gasteiger partial charge in [0.1, 0.15) is 11.7 Å². The van der Waals surface area contributed by atoms with Crippen LogP contribution < -0.4 is 0 Å². The van der Waals surface area contributed by atoms with Crippen molar-refractivity contribution in [2.24, 2.45) is 5.92 Å². The molecular formula is C14H16O5. The van der Waals surface area contributed by atoms with Gasteiger partial charge < -0.3 is 9.47 Å². The number of Topliss-reactive ketones (excluding diaryl/α,β-unsaturated/α-hetero) is 3. The van der Waals surface area contributed by atoms with Crippen LogP contribution in [0.3, 0.4) is 0 Å². The lowest BCUT2D eigenvalue weighted by molar-refractivity contribution is -0.160. The summed E-state index contributed by atoms with van der Waals surface area (Å²) >= 11 is 0. The van der Waals surface area contributed by atoms with Gasteiger partial charge >= 0.3 is 0 Å². The summed E-state index contributed by atoms with van der Waals surface area (Å²) in [6.07, 6.45) is -1.22. The molecule has 19 heavy (non-hydrogen) atoms. The molecule has 0 saturated carbocycles. The van der Waals surface area contributed by atoms with Crippen LogP contribution in [-0.2, 0) is 19.1 Å². The summed E-state index contributed by atoms with van der Waals surface area (Å²) in [5, 5.41) is 0. The fourth-order valence-electron chi connectivity index (χ4n) is 1.75. The summed E-state index contributed by atoms with van der Waals surface area (Å²) < 4.78 is 9.60. The highest BCUT2D eigenvalue weighted by Gasteiger charge is 2.36. The third kappa shape index (κ3) is 3.56. The van der Waals surface area contributed by atoms with E-state index in [1.54, 1.807) is 30.3 Å². The zero-order valence-electron chi connectivity index (χ0n) is 11.1. The Kier molecular flexibility index (Phi) is 5.54. The van der Waals surface area contributed by atoms with Gasteiger partial charge in [-0.25, -0.2) is 0 Å². The second-order valence-electron chi connectivity index (χ2n) is 3.98. The van der Waals surface area contributed by atoms with E-state index in [1.807, 2.05) is 0 Å². The fourth-order valence-corrected chi connectivity index (χ4v) is 1.75.